The van der Waals surface area contributed by atoms with Gasteiger partial charge in [0.2, 0.25) is 5.91 Å². The van der Waals surface area contributed by atoms with Gasteiger partial charge in [0, 0.05) is 6.54 Å². The third-order valence-electron chi connectivity index (χ3n) is 4.59. The third kappa shape index (κ3) is 3.07. The van der Waals surface area contributed by atoms with Crippen molar-refractivity contribution in [3.63, 3.8) is 0 Å². The van der Waals surface area contributed by atoms with Crippen molar-refractivity contribution in [2.45, 2.75) is 38.3 Å². The highest BCUT2D eigenvalue weighted by Crippen LogP contribution is 2.30. The molecule has 21 heavy (non-hydrogen) atoms. The zero-order chi connectivity index (χ0) is 14.8. The number of carbonyl (C=O) groups is 1. The van der Waals surface area contributed by atoms with Crippen molar-refractivity contribution >= 4 is 5.91 Å². The Balaban J connectivity index is 1.70. The standard InChI is InChI=1S/C16H20F2N2O/c17-13-6-5-12(9-14(13)18)16-19-10-15(21)20(16)8-7-11-3-1-2-4-11/h5-6,9,11,16,19H,1-4,7-8,10H2. The Morgan fingerprint density at radius 1 is 1.19 bits per heavy atom. The molecule has 1 N–H and O–H groups in total. The molecule has 1 unspecified atom stereocenters. The van der Waals surface area contributed by atoms with Crippen LogP contribution in [0.1, 0.15) is 43.8 Å². The largest absolute Gasteiger partial charge is 0.322 e. The van der Waals surface area contributed by atoms with Crippen LogP contribution in [0.4, 0.5) is 8.78 Å². The third-order valence-corrected chi connectivity index (χ3v) is 4.59. The number of amides is 1. The summed E-state index contributed by atoms with van der Waals surface area (Å²) in [6, 6.07) is 3.83. The van der Waals surface area contributed by atoms with E-state index >= 15 is 0 Å². The minimum atomic E-state index is -0.871. The second-order valence-electron chi connectivity index (χ2n) is 5.98. The van der Waals surface area contributed by atoms with Crippen LogP contribution in [-0.4, -0.2) is 23.9 Å². The predicted molar refractivity (Wildman–Crippen MR) is 75.4 cm³/mol. The van der Waals surface area contributed by atoms with E-state index in [0.717, 1.165) is 12.5 Å². The first kappa shape index (κ1) is 14.4. The van der Waals surface area contributed by atoms with E-state index in [1.807, 2.05) is 0 Å². The van der Waals surface area contributed by atoms with Gasteiger partial charge in [0.05, 0.1) is 6.54 Å². The molecule has 3 rings (SSSR count). The topological polar surface area (TPSA) is 32.3 Å². The first-order valence-electron chi connectivity index (χ1n) is 7.63. The first-order valence-corrected chi connectivity index (χ1v) is 7.63. The molecule has 0 aromatic heterocycles. The maximum Gasteiger partial charge on any atom is 0.238 e. The van der Waals surface area contributed by atoms with Crippen LogP contribution in [0.15, 0.2) is 18.2 Å². The molecule has 0 radical (unpaired) electrons. The van der Waals surface area contributed by atoms with Crippen molar-refractivity contribution in [1.29, 1.82) is 0 Å². The minimum absolute atomic E-state index is 0.0303. The highest BCUT2D eigenvalue weighted by atomic mass is 19.2. The highest BCUT2D eigenvalue weighted by molar-refractivity contribution is 5.80. The van der Waals surface area contributed by atoms with Gasteiger partial charge >= 0.3 is 0 Å². The van der Waals surface area contributed by atoms with E-state index in [1.54, 1.807) is 4.90 Å². The van der Waals surface area contributed by atoms with Gasteiger partial charge in [-0.1, -0.05) is 31.7 Å². The molecule has 1 heterocycles. The highest BCUT2D eigenvalue weighted by Gasteiger charge is 2.32. The monoisotopic (exact) mass is 294 g/mol. The van der Waals surface area contributed by atoms with E-state index in [-0.39, 0.29) is 18.6 Å². The second-order valence-corrected chi connectivity index (χ2v) is 5.98. The molecule has 0 bridgehead atoms. The molecule has 1 saturated heterocycles. The van der Waals surface area contributed by atoms with Crippen LogP contribution in [0.25, 0.3) is 0 Å². The smallest absolute Gasteiger partial charge is 0.238 e. The average Bonchev–Trinajstić information content (AvgIpc) is 3.09. The van der Waals surface area contributed by atoms with Crippen molar-refractivity contribution in [2.75, 3.05) is 13.1 Å². The molecule has 1 aliphatic heterocycles. The number of halogens is 2. The lowest BCUT2D eigenvalue weighted by molar-refractivity contribution is -0.128. The fraction of sp³-hybridized carbons (Fsp3) is 0.562. The van der Waals surface area contributed by atoms with Gasteiger partial charge in [0.1, 0.15) is 6.17 Å². The van der Waals surface area contributed by atoms with Crippen molar-refractivity contribution in [2.24, 2.45) is 5.92 Å². The summed E-state index contributed by atoms with van der Waals surface area (Å²) in [6.45, 7) is 0.939. The summed E-state index contributed by atoms with van der Waals surface area (Å²) >= 11 is 0. The molecule has 1 atom stereocenters. The molecule has 2 fully saturated rings. The predicted octanol–water partition coefficient (Wildman–Crippen LogP) is 2.98. The number of benzene rings is 1. The van der Waals surface area contributed by atoms with Crippen LogP contribution in [0.3, 0.4) is 0 Å². The number of nitrogens with zero attached hydrogens (tertiary/aromatic N) is 1. The summed E-state index contributed by atoms with van der Waals surface area (Å²) in [5, 5.41) is 3.08. The summed E-state index contributed by atoms with van der Waals surface area (Å²) in [7, 11) is 0. The van der Waals surface area contributed by atoms with E-state index in [2.05, 4.69) is 5.32 Å². The maximum absolute atomic E-state index is 13.4. The fourth-order valence-corrected chi connectivity index (χ4v) is 3.39. The Labute approximate surface area is 123 Å². The summed E-state index contributed by atoms with van der Waals surface area (Å²) in [5.74, 6) is -1.00. The molecule has 114 valence electrons. The molecule has 1 aromatic carbocycles. The fourth-order valence-electron chi connectivity index (χ4n) is 3.39. The Morgan fingerprint density at radius 2 is 1.95 bits per heavy atom. The Morgan fingerprint density at radius 3 is 2.67 bits per heavy atom. The minimum Gasteiger partial charge on any atom is -0.322 e. The summed E-state index contributed by atoms with van der Waals surface area (Å²) in [5.41, 5.74) is 0.603. The quantitative estimate of drug-likeness (QED) is 0.926. The van der Waals surface area contributed by atoms with E-state index < -0.39 is 11.6 Å². The molecule has 0 spiro atoms. The van der Waals surface area contributed by atoms with Gasteiger partial charge in [-0.05, 0) is 30.0 Å². The van der Waals surface area contributed by atoms with E-state index in [0.29, 0.717) is 18.0 Å². The second kappa shape index (κ2) is 6.10. The van der Waals surface area contributed by atoms with Crippen LogP contribution in [0, 0.1) is 17.6 Å². The van der Waals surface area contributed by atoms with Gasteiger partial charge < -0.3 is 4.90 Å². The molecular weight excluding hydrogens is 274 g/mol. The Bertz CT molecular complexity index is 529. The molecule has 1 aliphatic carbocycles. The van der Waals surface area contributed by atoms with Crippen molar-refractivity contribution in [1.82, 2.24) is 10.2 Å². The Kier molecular flexibility index (Phi) is 4.19. The average molecular weight is 294 g/mol. The van der Waals surface area contributed by atoms with Gasteiger partial charge in [-0.3, -0.25) is 10.1 Å². The van der Waals surface area contributed by atoms with Crippen LogP contribution in [-0.2, 0) is 4.79 Å². The molecular formula is C16H20F2N2O. The zero-order valence-electron chi connectivity index (χ0n) is 11.9. The van der Waals surface area contributed by atoms with E-state index in [9.17, 15) is 13.6 Å². The van der Waals surface area contributed by atoms with Gasteiger partial charge in [-0.25, -0.2) is 8.78 Å². The lowest BCUT2D eigenvalue weighted by Crippen LogP contribution is -2.32. The van der Waals surface area contributed by atoms with Gasteiger partial charge in [-0.15, -0.1) is 0 Å². The van der Waals surface area contributed by atoms with Crippen LogP contribution in [0.5, 0.6) is 0 Å². The summed E-state index contributed by atoms with van der Waals surface area (Å²) in [4.78, 5) is 13.8. The molecule has 1 aromatic rings. The van der Waals surface area contributed by atoms with Gasteiger partial charge in [-0.2, -0.15) is 0 Å². The SMILES string of the molecule is O=C1CNC(c2ccc(F)c(F)c2)N1CCC1CCCC1. The normalized spacial score (nSPS) is 23.2. The number of hydrogen-bond donors (Lipinski definition) is 1. The van der Waals surface area contributed by atoms with Gasteiger partial charge in [0.25, 0.3) is 0 Å². The molecule has 1 amide bonds. The van der Waals surface area contributed by atoms with Crippen LogP contribution >= 0.6 is 0 Å². The summed E-state index contributed by atoms with van der Waals surface area (Å²) in [6.07, 6.45) is 5.70. The first-order chi connectivity index (χ1) is 10.1. The lowest BCUT2D eigenvalue weighted by Gasteiger charge is -2.26. The molecule has 1 saturated carbocycles. The van der Waals surface area contributed by atoms with Crippen LogP contribution in [0.2, 0.25) is 0 Å². The zero-order valence-corrected chi connectivity index (χ0v) is 11.9. The van der Waals surface area contributed by atoms with Gasteiger partial charge in [0.15, 0.2) is 11.6 Å². The maximum atomic E-state index is 13.4. The van der Waals surface area contributed by atoms with Crippen molar-refractivity contribution in [3.8, 4) is 0 Å². The lowest BCUT2D eigenvalue weighted by atomic mass is 10.0. The summed E-state index contributed by atoms with van der Waals surface area (Å²) < 4.78 is 26.4. The van der Waals surface area contributed by atoms with E-state index in [4.69, 9.17) is 0 Å². The number of nitrogens with one attached hydrogen (secondary N) is 1. The molecule has 2 aliphatic rings. The Hall–Kier alpha value is -1.49. The molecule has 3 nitrogen and oxygen atoms in total. The van der Waals surface area contributed by atoms with Crippen molar-refractivity contribution in [3.05, 3.63) is 35.4 Å². The number of carbonyl (C=O) groups excluding carboxylic acids is 1. The van der Waals surface area contributed by atoms with E-state index in [1.165, 1.54) is 37.8 Å². The number of hydrogen-bond acceptors (Lipinski definition) is 2. The molecule has 5 heteroatoms. The van der Waals surface area contributed by atoms with Crippen molar-refractivity contribution < 1.29 is 13.6 Å². The van der Waals surface area contributed by atoms with Crippen LogP contribution < -0.4 is 5.32 Å². The number of rotatable bonds is 4.